The third kappa shape index (κ3) is 4.52. The van der Waals surface area contributed by atoms with E-state index in [1.807, 2.05) is 37.3 Å². The highest BCUT2D eigenvalue weighted by atomic mass is 79.9. The van der Waals surface area contributed by atoms with Crippen LogP contribution in [0.2, 0.25) is 0 Å². The molecular weight excluding hydrogens is 308 g/mol. The van der Waals surface area contributed by atoms with E-state index in [0.29, 0.717) is 18.7 Å². The lowest BCUT2D eigenvalue weighted by molar-refractivity contribution is -0.121. The zero-order chi connectivity index (χ0) is 13.7. The predicted octanol–water partition coefficient (Wildman–Crippen LogP) is 2.99. The molecule has 0 saturated carbocycles. The standard InChI is InChI=1S/C14H15BrN2O2/c1-10-8-13(19-17-10)9-16-14(18)7-4-11-2-5-12(15)6-3-11/h2-3,5-6,8H,4,7,9H2,1H3,(H,16,18). The van der Waals surface area contributed by atoms with Crippen molar-refractivity contribution in [3.63, 3.8) is 0 Å². The summed E-state index contributed by atoms with van der Waals surface area (Å²) in [5.74, 6) is 0.687. The average Bonchev–Trinajstić information content (AvgIpc) is 2.81. The van der Waals surface area contributed by atoms with Crippen molar-refractivity contribution in [2.75, 3.05) is 0 Å². The van der Waals surface area contributed by atoms with Crippen molar-refractivity contribution in [1.29, 1.82) is 0 Å². The summed E-state index contributed by atoms with van der Waals surface area (Å²) in [5, 5.41) is 6.58. The summed E-state index contributed by atoms with van der Waals surface area (Å²) in [6, 6.07) is 9.79. The number of rotatable bonds is 5. The Morgan fingerprint density at radius 2 is 2.11 bits per heavy atom. The number of aromatic nitrogens is 1. The largest absolute Gasteiger partial charge is 0.359 e. The van der Waals surface area contributed by atoms with Crippen LogP contribution in [0.3, 0.4) is 0 Å². The lowest BCUT2D eigenvalue weighted by Crippen LogP contribution is -2.22. The van der Waals surface area contributed by atoms with Gasteiger partial charge in [0.1, 0.15) is 0 Å². The first-order valence-corrected chi connectivity index (χ1v) is 6.86. The molecule has 0 fully saturated rings. The fourth-order valence-corrected chi connectivity index (χ4v) is 1.95. The average molecular weight is 323 g/mol. The van der Waals surface area contributed by atoms with Gasteiger partial charge in [0, 0.05) is 17.0 Å². The van der Waals surface area contributed by atoms with Gasteiger partial charge in [-0.2, -0.15) is 0 Å². The van der Waals surface area contributed by atoms with E-state index in [2.05, 4.69) is 26.4 Å². The van der Waals surface area contributed by atoms with Crippen molar-refractivity contribution in [2.45, 2.75) is 26.3 Å². The van der Waals surface area contributed by atoms with Crippen molar-refractivity contribution < 1.29 is 9.32 Å². The highest BCUT2D eigenvalue weighted by molar-refractivity contribution is 9.10. The quantitative estimate of drug-likeness (QED) is 0.920. The van der Waals surface area contributed by atoms with Crippen LogP contribution in [-0.2, 0) is 17.8 Å². The van der Waals surface area contributed by atoms with E-state index in [9.17, 15) is 4.79 Å². The van der Waals surface area contributed by atoms with Crippen molar-refractivity contribution in [3.8, 4) is 0 Å². The molecule has 1 amide bonds. The van der Waals surface area contributed by atoms with Crippen LogP contribution in [0.5, 0.6) is 0 Å². The molecule has 0 bridgehead atoms. The van der Waals surface area contributed by atoms with Gasteiger partial charge in [0.25, 0.3) is 0 Å². The molecule has 0 spiro atoms. The first-order valence-electron chi connectivity index (χ1n) is 6.07. The zero-order valence-corrected chi connectivity index (χ0v) is 12.2. The van der Waals surface area contributed by atoms with Gasteiger partial charge in [-0.1, -0.05) is 33.2 Å². The molecule has 0 aliphatic carbocycles. The number of aryl methyl sites for hydroxylation is 2. The van der Waals surface area contributed by atoms with E-state index in [4.69, 9.17) is 4.52 Å². The second kappa shape index (κ2) is 6.52. The Balaban J connectivity index is 1.74. The summed E-state index contributed by atoms with van der Waals surface area (Å²) in [7, 11) is 0. The summed E-state index contributed by atoms with van der Waals surface area (Å²) in [6.45, 7) is 2.24. The third-order valence-electron chi connectivity index (χ3n) is 2.69. The number of amides is 1. The van der Waals surface area contributed by atoms with Crippen molar-refractivity contribution in [2.24, 2.45) is 0 Å². The van der Waals surface area contributed by atoms with Crippen molar-refractivity contribution in [1.82, 2.24) is 10.5 Å². The van der Waals surface area contributed by atoms with E-state index in [1.165, 1.54) is 0 Å². The summed E-state index contributed by atoms with van der Waals surface area (Å²) in [4.78, 5) is 11.7. The van der Waals surface area contributed by atoms with E-state index in [1.54, 1.807) is 0 Å². The van der Waals surface area contributed by atoms with Gasteiger partial charge < -0.3 is 9.84 Å². The van der Waals surface area contributed by atoms with Gasteiger partial charge in [0.15, 0.2) is 5.76 Å². The summed E-state index contributed by atoms with van der Waals surface area (Å²) >= 11 is 3.38. The molecule has 2 rings (SSSR count). The van der Waals surface area contributed by atoms with E-state index in [-0.39, 0.29) is 5.91 Å². The Morgan fingerprint density at radius 3 is 2.74 bits per heavy atom. The third-order valence-corrected chi connectivity index (χ3v) is 3.22. The highest BCUT2D eigenvalue weighted by Gasteiger charge is 2.05. The van der Waals surface area contributed by atoms with Crippen LogP contribution in [0.15, 0.2) is 39.3 Å². The van der Waals surface area contributed by atoms with Crippen LogP contribution in [0.25, 0.3) is 0 Å². The highest BCUT2D eigenvalue weighted by Crippen LogP contribution is 2.11. The minimum atomic E-state index is 0.0111. The Labute approximate surface area is 120 Å². The monoisotopic (exact) mass is 322 g/mol. The number of halogens is 1. The molecule has 19 heavy (non-hydrogen) atoms. The molecule has 0 unspecified atom stereocenters. The second-order valence-corrected chi connectivity index (χ2v) is 5.25. The first-order chi connectivity index (χ1) is 9.13. The van der Waals surface area contributed by atoms with Crippen LogP contribution in [0.4, 0.5) is 0 Å². The number of carbonyl (C=O) groups is 1. The fourth-order valence-electron chi connectivity index (χ4n) is 1.68. The number of carbonyl (C=O) groups excluding carboxylic acids is 1. The Morgan fingerprint density at radius 1 is 1.37 bits per heavy atom. The molecule has 1 N–H and O–H groups in total. The van der Waals surface area contributed by atoms with Gasteiger partial charge in [0.05, 0.1) is 12.2 Å². The minimum Gasteiger partial charge on any atom is -0.359 e. The van der Waals surface area contributed by atoms with E-state index in [0.717, 1.165) is 22.2 Å². The molecule has 2 aromatic rings. The number of hydrogen-bond donors (Lipinski definition) is 1. The molecule has 4 nitrogen and oxygen atoms in total. The van der Waals surface area contributed by atoms with Crippen LogP contribution < -0.4 is 5.32 Å². The summed E-state index contributed by atoms with van der Waals surface area (Å²) < 4.78 is 6.06. The molecule has 1 aromatic carbocycles. The van der Waals surface area contributed by atoms with Gasteiger partial charge in [-0.15, -0.1) is 0 Å². The van der Waals surface area contributed by atoms with Gasteiger partial charge in [-0.3, -0.25) is 4.79 Å². The lowest BCUT2D eigenvalue weighted by atomic mass is 10.1. The number of nitrogens with zero attached hydrogens (tertiary/aromatic N) is 1. The van der Waals surface area contributed by atoms with Crippen LogP contribution in [0.1, 0.15) is 23.4 Å². The Hall–Kier alpha value is -1.62. The molecule has 0 atom stereocenters. The molecule has 1 heterocycles. The van der Waals surface area contributed by atoms with Gasteiger partial charge in [-0.05, 0) is 31.0 Å². The van der Waals surface area contributed by atoms with Crippen LogP contribution >= 0.6 is 15.9 Å². The number of hydrogen-bond acceptors (Lipinski definition) is 3. The molecular formula is C14H15BrN2O2. The predicted molar refractivity (Wildman–Crippen MR) is 75.5 cm³/mol. The maximum Gasteiger partial charge on any atom is 0.220 e. The fraction of sp³-hybridized carbons (Fsp3) is 0.286. The second-order valence-electron chi connectivity index (χ2n) is 4.34. The van der Waals surface area contributed by atoms with Crippen LogP contribution in [0, 0.1) is 6.92 Å². The van der Waals surface area contributed by atoms with Gasteiger partial charge in [-0.25, -0.2) is 0 Å². The molecule has 0 aliphatic heterocycles. The van der Waals surface area contributed by atoms with Crippen LogP contribution in [-0.4, -0.2) is 11.1 Å². The summed E-state index contributed by atoms with van der Waals surface area (Å²) in [5.41, 5.74) is 1.97. The molecule has 0 aliphatic rings. The SMILES string of the molecule is Cc1cc(CNC(=O)CCc2ccc(Br)cc2)on1. The normalized spacial score (nSPS) is 10.4. The molecule has 0 saturated heterocycles. The summed E-state index contributed by atoms with van der Waals surface area (Å²) in [6.07, 6.45) is 1.20. The lowest BCUT2D eigenvalue weighted by Gasteiger charge is -2.03. The topological polar surface area (TPSA) is 55.1 Å². The zero-order valence-electron chi connectivity index (χ0n) is 10.6. The smallest absolute Gasteiger partial charge is 0.220 e. The molecule has 100 valence electrons. The molecule has 0 radical (unpaired) electrons. The Bertz CT molecular complexity index is 549. The Kier molecular flexibility index (Phi) is 4.74. The molecule has 1 aromatic heterocycles. The van der Waals surface area contributed by atoms with E-state index >= 15 is 0 Å². The van der Waals surface area contributed by atoms with E-state index < -0.39 is 0 Å². The maximum atomic E-state index is 11.7. The van der Waals surface area contributed by atoms with Gasteiger partial charge in [0.2, 0.25) is 5.91 Å². The number of nitrogens with one attached hydrogen (secondary N) is 1. The maximum absolute atomic E-state index is 11.7. The number of benzene rings is 1. The minimum absolute atomic E-state index is 0.0111. The van der Waals surface area contributed by atoms with Gasteiger partial charge >= 0.3 is 0 Å². The first kappa shape index (κ1) is 13.8. The van der Waals surface area contributed by atoms with Crippen molar-refractivity contribution in [3.05, 3.63) is 51.8 Å². The molecule has 5 heteroatoms. The van der Waals surface area contributed by atoms with Crippen molar-refractivity contribution >= 4 is 21.8 Å².